The van der Waals surface area contributed by atoms with E-state index in [1.807, 2.05) is 27.7 Å². The van der Waals surface area contributed by atoms with Crippen LogP contribution in [0, 0.1) is 0 Å². The number of allylic oxidation sites excluding steroid dienone is 4. The fraction of sp³-hybridized carbons (Fsp3) is 0.556. The van der Waals surface area contributed by atoms with Gasteiger partial charge < -0.3 is 9.47 Å². The van der Waals surface area contributed by atoms with Gasteiger partial charge in [0.1, 0.15) is 11.5 Å². The summed E-state index contributed by atoms with van der Waals surface area (Å²) in [5.74, 6) is 1.83. The summed E-state index contributed by atoms with van der Waals surface area (Å²) in [5, 5.41) is 0. The van der Waals surface area contributed by atoms with Crippen molar-refractivity contribution in [2.24, 2.45) is 0 Å². The van der Waals surface area contributed by atoms with E-state index < -0.39 is 0 Å². The molecule has 114 valence electrons. The Bertz CT molecular complexity index is 394. The van der Waals surface area contributed by atoms with Crippen LogP contribution in [0.1, 0.15) is 53.9 Å². The lowest BCUT2D eigenvalue weighted by atomic mass is 10.0. The zero-order chi connectivity index (χ0) is 15.7. The highest BCUT2D eigenvalue weighted by Gasteiger charge is 2.07. The molecule has 0 aliphatic carbocycles. The standard InChI is InChI=1S/C18H30O2/c1-9-17(20-14(4)5)15(6)11-10-12-16(7)18(19-8)13(2)3/h9,14H,1,7,10-12H2,2-6,8H3. The highest BCUT2D eigenvalue weighted by Crippen LogP contribution is 2.22. The van der Waals surface area contributed by atoms with Crippen LogP contribution in [-0.4, -0.2) is 13.2 Å². The monoisotopic (exact) mass is 278 g/mol. The molecule has 0 saturated heterocycles. The Morgan fingerprint density at radius 1 is 1.15 bits per heavy atom. The highest BCUT2D eigenvalue weighted by atomic mass is 16.5. The molecule has 0 aromatic carbocycles. The van der Waals surface area contributed by atoms with E-state index in [2.05, 4.69) is 20.1 Å². The van der Waals surface area contributed by atoms with Crippen molar-refractivity contribution in [2.75, 3.05) is 7.11 Å². The normalized spacial score (nSPS) is 11.8. The van der Waals surface area contributed by atoms with Crippen LogP contribution < -0.4 is 0 Å². The second-order valence-electron chi connectivity index (χ2n) is 5.51. The lowest BCUT2D eigenvalue weighted by Crippen LogP contribution is -2.03. The molecule has 20 heavy (non-hydrogen) atoms. The Morgan fingerprint density at radius 2 is 1.75 bits per heavy atom. The molecule has 0 rings (SSSR count). The molecule has 0 aromatic heterocycles. The van der Waals surface area contributed by atoms with E-state index in [1.165, 1.54) is 11.1 Å². The van der Waals surface area contributed by atoms with E-state index in [0.717, 1.165) is 36.4 Å². The maximum absolute atomic E-state index is 5.73. The van der Waals surface area contributed by atoms with Crippen molar-refractivity contribution in [2.45, 2.75) is 60.0 Å². The second kappa shape index (κ2) is 9.46. The third-order valence-electron chi connectivity index (χ3n) is 2.98. The van der Waals surface area contributed by atoms with Gasteiger partial charge in [0.25, 0.3) is 0 Å². The summed E-state index contributed by atoms with van der Waals surface area (Å²) in [7, 11) is 1.70. The molecule has 0 aliphatic rings. The van der Waals surface area contributed by atoms with Gasteiger partial charge in [-0.25, -0.2) is 0 Å². The zero-order valence-corrected chi connectivity index (χ0v) is 14.0. The molecule has 0 spiro atoms. The lowest BCUT2D eigenvalue weighted by Gasteiger charge is -2.15. The first-order chi connectivity index (χ1) is 9.33. The van der Waals surface area contributed by atoms with Gasteiger partial charge >= 0.3 is 0 Å². The van der Waals surface area contributed by atoms with Gasteiger partial charge in [0.2, 0.25) is 0 Å². The third-order valence-corrected chi connectivity index (χ3v) is 2.98. The van der Waals surface area contributed by atoms with Gasteiger partial charge in [-0.05, 0) is 76.7 Å². The molecule has 0 N–H and O–H groups in total. The minimum Gasteiger partial charge on any atom is -0.497 e. The maximum atomic E-state index is 5.73. The summed E-state index contributed by atoms with van der Waals surface area (Å²) in [5.41, 5.74) is 3.46. The second-order valence-corrected chi connectivity index (χ2v) is 5.51. The highest BCUT2D eigenvalue weighted by molar-refractivity contribution is 5.26. The van der Waals surface area contributed by atoms with Gasteiger partial charge in [-0.2, -0.15) is 0 Å². The molecule has 0 saturated carbocycles. The smallest absolute Gasteiger partial charge is 0.120 e. The molecule has 0 heterocycles. The van der Waals surface area contributed by atoms with Crippen LogP contribution in [0.25, 0.3) is 0 Å². The molecular weight excluding hydrogens is 248 g/mol. The minimum absolute atomic E-state index is 0.179. The van der Waals surface area contributed by atoms with Crippen molar-refractivity contribution < 1.29 is 9.47 Å². The quantitative estimate of drug-likeness (QED) is 0.407. The number of ether oxygens (including phenoxy) is 2. The lowest BCUT2D eigenvalue weighted by molar-refractivity contribution is 0.154. The van der Waals surface area contributed by atoms with Crippen molar-refractivity contribution >= 4 is 0 Å². The van der Waals surface area contributed by atoms with E-state index in [9.17, 15) is 0 Å². The number of hydrogen-bond donors (Lipinski definition) is 0. The van der Waals surface area contributed by atoms with Gasteiger partial charge in [-0.15, -0.1) is 0 Å². The Hall–Kier alpha value is -1.44. The number of methoxy groups -OCH3 is 1. The predicted molar refractivity (Wildman–Crippen MR) is 87.5 cm³/mol. The fourth-order valence-electron chi connectivity index (χ4n) is 2.08. The first kappa shape index (κ1) is 18.6. The van der Waals surface area contributed by atoms with Crippen LogP contribution in [0.5, 0.6) is 0 Å². The number of hydrogen-bond acceptors (Lipinski definition) is 2. The molecule has 0 bridgehead atoms. The van der Waals surface area contributed by atoms with E-state index in [-0.39, 0.29) is 6.10 Å². The topological polar surface area (TPSA) is 18.5 Å². The van der Waals surface area contributed by atoms with Gasteiger partial charge in [-0.3, -0.25) is 0 Å². The summed E-state index contributed by atoms with van der Waals surface area (Å²) in [4.78, 5) is 0. The van der Waals surface area contributed by atoms with Gasteiger partial charge in [-0.1, -0.05) is 13.2 Å². The summed E-state index contributed by atoms with van der Waals surface area (Å²) >= 11 is 0. The third kappa shape index (κ3) is 6.65. The molecule has 0 unspecified atom stereocenters. The summed E-state index contributed by atoms with van der Waals surface area (Å²) < 4.78 is 11.1. The molecule has 0 radical (unpaired) electrons. The van der Waals surface area contributed by atoms with Crippen LogP contribution in [0.15, 0.2) is 47.5 Å². The predicted octanol–water partition coefficient (Wildman–Crippen LogP) is 5.54. The Labute approximate surface area is 124 Å². The SMILES string of the molecule is C=CC(OC(C)C)=C(C)CCCC(=C)C(OC)=C(C)C. The van der Waals surface area contributed by atoms with Gasteiger partial charge in [0.15, 0.2) is 0 Å². The van der Waals surface area contributed by atoms with Gasteiger partial charge in [0.05, 0.1) is 13.2 Å². The van der Waals surface area contributed by atoms with Crippen LogP contribution >= 0.6 is 0 Å². The van der Waals surface area contributed by atoms with Crippen molar-refractivity contribution in [3.05, 3.63) is 47.5 Å². The Morgan fingerprint density at radius 3 is 2.15 bits per heavy atom. The Kier molecular flexibility index (Phi) is 8.78. The molecule has 2 heteroatoms. The molecule has 0 atom stereocenters. The van der Waals surface area contributed by atoms with E-state index in [4.69, 9.17) is 9.47 Å². The van der Waals surface area contributed by atoms with Crippen molar-refractivity contribution in [1.82, 2.24) is 0 Å². The first-order valence-corrected chi connectivity index (χ1v) is 7.21. The fourth-order valence-corrected chi connectivity index (χ4v) is 2.08. The van der Waals surface area contributed by atoms with Crippen LogP contribution in [-0.2, 0) is 9.47 Å². The molecule has 0 amide bonds. The zero-order valence-electron chi connectivity index (χ0n) is 14.0. The van der Waals surface area contributed by atoms with E-state index in [1.54, 1.807) is 13.2 Å². The maximum Gasteiger partial charge on any atom is 0.120 e. The van der Waals surface area contributed by atoms with Crippen LogP contribution in [0.4, 0.5) is 0 Å². The molecule has 0 aliphatic heterocycles. The van der Waals surface area contributed by atoms with Crippen LogP contribution in [0.2, 0.25) is 0 Å². The van der Waals surface area contributed by atoms with Crippen molar-refractivity contribution in [3.8, 4) is 0 Å². The van der Waals surface area contributed by atoms with Gasteiger partial charge in [0, 0.05) is 0 Å². The van der Waals surface area contributed by atoms with Crippen molar-refractivity contribution in [3.63, 3.8) is 0 Å². The largest absolute Gasteiger partial charge is 0.497 e. The molecule has 0 fully saturated rings. The van der Waals surface area contributed by atoms with E-state index >= 15 is 0 Å². The average molecular weight is 278 g/mol. The summed E-state index contributed by atoms with van der Waals surface area (Å²) in [6.07, 6.45) is 4.91. The van der Waals surface area contributed by atoms with Crippen LogP contribution in [0.3, 0.4) is 0 Å². The van der Waals surface area contributed by atoms with E-state index in [0.29, 0.717) is 0 Å². The van der Waals surface area contributed by atoms with Crippen molar-refractivity contribution in [1.29, 1.82) is 0 Å². The average Bonchev–Trinajstić information content (AvgIpc) is 2.35. The summed E-state index contributed by atoms with van der Waals surface area (Å²) in [6, 6.07) is 0. The molecular formula is C18H30O2. The first-order valence-electron chi connectivity index (χ1n) is 7.21. The molecule has 2 nitrogen and oxygen atoms in total. The number of rotatable bonds is 9. The minimum atomic E-state index is 0.179. The Balaban J connectivity index is 4.50. The molecule has 0 aromatic rings. The summed E-state index contributed by atoms with van der Waals surface area (Å²) in [6.45, 7) is 18.2.